The van der Waals surface area contributed by atoms with Gasteiger partial charge >= 0.3 is 0 Å². The Kier molecular flexibility index (Phi) is 7.02. The molecule has 3 aromatic carbocycles. The van der Waals surface area contributed by atoms with E-state index in [1.165, 1.54) is 0 Å². The van der Waals surface area contributed by atoms with E-state index < -0.39 is 0 Å². The van der Waals surface area contributed by atoms with Crippen molar-refractivity contribution in [2.45, 2.75) is 6.61 Å². The van der Waals surface area contributed by atoms with Gasteiger partial charge < -0.3 is 19.3 Å². The molecule has 0 atom stereocenters. The average molecular weight is 431 g/mol. The Morgan fingerprint density at radius 1 is 0.656 bits per heavy atom. The van der Waals surface area contributed by atoms with E-state index in [0.717, 1.165) is 11.3 Å². The monoisotopic (exact) mass is 430 g/mol. The minimum atomic E-state index is -0.0822. The molecular formula is C26H26N2O4. The largest absolute Gasteiger partial charge is 0.489 e. The number of piperazine rings is 1. The normalized spacial score (nSPS) is 13.5. The minimum absolute atomic E-state index is 0.00326. The summed E-state index contributed by atoms with van der Waals surface area (Å²) in [6.07, 6.45) is 0. The summed E-state index contributed by atoms with van der Waals surface area (Å²) < 4.78 is 11.4. The Balaban J connectivity index is 1.20. The third kappa shape index (κ3) is 5.66. The first kappa shape index (κ1) is 21.4. The number of benzene rings is 3. The van der Waals surface area contributed by atoms with Crippen molar-refractivity contribution in [3.8, 4) is 11.5 Å². The predicted molar refractivity (Wildman–Crippen MR) is 122 cm³/mol. The van der Waals surface area contributed by atoms with Crippen LogP contribution in [0.1, 0.15) is 15.9 Å². The van der Waals surface area contributed by atoms with Gasteiger partial charge in [-0.25, -0.2) is 0 Å². The lowest BCUT2D eigenvalue weighted by Gasteiger charge is -2.34. The van der Waals surface area contributed by atoms with Crippen LogP contribution in [0.15, 0.2) is 84.9 Å². The van der Waals surface area contributed by atoms with Crippen LogP contribution in [0.5, 0.6) is 11.5 Å². The van der Waals surface area contributed by atoms with Gasteiger partial charge in [0.2, 0.25) is 0 Å². The summed E-state index contributed by atoms with van der Waals surface area (Å²) in [6, 6.07) is 26.4. The molecule has 6 nitrogen and oxygen atoms in total. The second-order valence-corrected chi connectivity index (χ2v) is 7.57. The fourth-order valence-corrected chi connectivity index (χ4v) is 3.53. The summed E-state index contributed by atoms with van der Waals surface area (Å²) in [7, 11) is 0. The van der Waals surface area contributed by atoms with E-state index in [-0.39, 0.29) is 18.4 Å². The third-order valence-electron chi connectivity index (χ3n) is 5.37. The molecule has 0 aromatic heterocycles. The first-order chi connectivity index (χ1) is 15.7. The van der Waals surface area contributed by atoms with E-state index in [9.17, 15) is 9.59 Å². The Morgan fingerprint density at radius 3 is 1.81 bits per heavy atom. The fraction of sp³-hybridized carbons (Fsp3) is 0.231. The van der Waals surface area contributed by atoms with Gasteiger partial charge in [-0.15, -0.1) is 0 Å². The first-order valence-corrected chi connectivity index (χ1v) is 10.7. The topological polar surface area (TPSA) is 59.1 Å². The molecule has 1 fully saturated rings. The first-order valence-electron chi connectivity index (χ1n) is 10.7. The molecule has 3 aromatic rings. The Labute approximate surface area is 188 Å². The molecule has 0 radical (unpaired) electrons. The maximum Gasteiger partial charge on any atom is 0.260 e. The van der Waals surface area contributed by atoms with Gasteiger partial charge in [-0.1, -0.05) is 48.5 Å². The molecule has 1 saturated heterocycles. The van der Waals surface area contributed by atoms with Crippen molar-refractivity contribution in [3.05, 3.63) is 96.1 Å². The number of carbonyl (C=O) groups excluding carboxylic acids is 2. The highest BCUT2D eigenvalue weighted by atomic mass is 16.5. The second kappa shape index (κ2) is 10.5. The molecule has 0 N–H and O–H groups in total. The lowest BCUT2D eigenvalue weighted by atomic mass is 10.2. The smallest absolute Gasteiger partial charge is 0.260 e. The zero-order valence-electron chi connectivity index (χ0n) is 17.9. The van der Waals surface area contributed by atoms with Gasteiger partial charge in [0.15, 0.2) is 6.61 Å². The van der Waals surface area contributed by atoms with Crippen molar-refractivity contribution in [1.82, 2.24) is 9.80 Å². The molecule has 164 valence electrons. The van der Waals surface area contributed by atoms with E-state index in [0.29, 0.717) is 44.1 Å². The Hall–Kier alpha value is -3.80. The lowest BCUT2D eigenvalue weighted by Crippen LogP contribution is -2.51. The highest BCUT2D eigenvalue weighted by molar-refractivity contribution is 5.94. The Bertz CT molecular complexity index is 1010. The van der Waals surface area contributed by atoms with Crippen LogP contribution >= 0.6 is 0 Å². The van der Waals surface area contributed by atoms with Crippen molar-refractivity contribution in [2.75, 3.05) is 32.8 Å². The molecule has 4 rings (SSSR count). The molecule has 0 unspecified atom stereocenters. The molecule has 0 spiro atoms. The molecule has 6 heteroatoms. The van der Waals surface area contributed by atoms with Crippen molar-refractivity contribution in [2.24, 2.45) is 0 Å². The number of carbonyl (C=O) groups is 2. The van der Waals surface area contributed by atoms with E-state index in [1.807, 2.05) is 72.8 Å². The van der Waals surface area contributed by atoms with Crippen molar-refractivity contribution >= 4 is 11.8 Å². The van der Waals surface area contributed by atoms with E-state index in [1.54, 1.807) is 21.9 Å². The molecule has 1 aliphatic heterocycles. The number of rotatable bonds is 7. The third-order valence-corrected chi connectivity index (χ3v) is 5.37. The van der Waals surface area contributed by atoms with Crippen LogP contribution in [0.25, 0.3) is 0 Å². The molecule has 2 amide bonds. The van der Waals surface area contributed by atoms with Crippen LogP contribution in [-0.2, 0) is 11.4 Å². The van der Waals surface area contributed by atoms with Crippen LogP contribution in [0.4, 0.5) is 0 Å². The maximum atomic E-state index is 12.5. The van der Waals surface area contributed by atoms with Gasteiger partial charge in [-0.05, 0) is 42.0 Å². The highest BCUT2D eigenvalue weighted by Gasteiger charge is 2.24. The number of hydrogen-bond donors (Lipinski definition) is 0. The summed E-state index contributed by atoms with van der Waals surface area (Å²) in [6.45, 7) is 2.52. The second-order valence-electron chi connectivity index (χ2n) is 7.57. The summed E-state index contributed by atoms with van der Waals surface area (Å²) >= 11 is 0. The summed E-state index contributed by atoms with van der Waals surface area (Å²) in [5.41, 5.74) is 1.77. The van der Waals surface area contributed by atoms with Gasteiger partial charge in [0.05, 0.1) is 0 Å². The van der Waals surface area contributed by atoms with E-state index in [4.69, 9.17) is 9.47 Å². The number of hydrogen-bond acceptors (Lipinski definition) is 4. The van der Waals surface area contributed by atoms with E-state index in [2.05, 4.69) is 0 Å². The predicted octanol–water partition coefficient (Wildman–Crippen LogP) is 3.63. The molecular weight excluding hydrogens is 404 g/mol. The zero-order chi connectivity index (χ0) is 22.2. The number of ether oxygens (including phenoxy) is 2. The van der Waals surface area contributed by atoms with Crippen LogP contribution < -0.4 is 9.47 Å². The van der Waals surface area contributed by atoms with Gasteiger partial charge in [0.25, 0.3) is 11.8 Å². The quantitative estimate of drug-likeness (QED) is 0.574. The SMILES string of the molecule is O=C(COc1ccc(OCc2ccccc2)cc1)N1CCN(C(=O)c2ccccc2)CC1. The zero-order valence-corrected chi connectivity index (χ0v) is 17.9. The maximum absolute atomic E-state index is 12.5. The minimum Gasteiger partial charge on any atom is -0.489 e. The van der Waals surface area contributed by atoms with Gasteiger partial charge in [0.1, 0.15) is 18.1 Å². The Morgan fingerprint density at radius 2 is 1.19 bits per heavy atom. The van der Waals surface area contributed by atoms with Gasteiger partial charge in [-0.2, -0.15) is 0 Å². The van der Waals surface area contributed by atoms with Crippen molar-refractivity contribution < 1.29 is 19.1 Å². The van der Waals surface area contributed by atoms with Crippen LogP contribution in [0.3, 0.4) is 0 Å². The molecule has 1 heterocycles. The van der Waals surface area contributed by atoms with Crippen LogP contribution in [0.2, 0.25) is 0 Å². The van der Waals surface area contributed by atoms with Crippen LogP contribution in [-0.4, -0.2) is 54.4 Å². The summed E-state index contributed by atoms with van der Waals surface area (Å²) in [4.78, 5) is 28.6. The number of nitrogens with zero attached hydrogens (tertiary/aromatic N) is 2. The molecule has 0 bridgehead atoms. The van der Waals surface area contributed by atoms with Gasteiger partial charge in [-0.3, -0.25) is 9.59 Å². The average Bonchev–Trinajstić information content (AvgIpc) is 2.87. The highest BCUT2D eigenvalue weighted by Crippen LogP contribution is 2.19. The molecule has 32 heavy (non-hydrogen) atoms. The van der Waals surface area contributed by atoms with E-state index >= 15 is 0 Å². The fourth-order valence-electron chi connectivity index (χ4n) is 3.53. The molecule has 1 aliphatic rings. The van der Waals surface area contributed by atoms with Gasteiger partial charge in [0, 0.05) is 31.7 Å². The van der Waals surface area contributed by atoms with Crippen molar-refractivity contribution in [3.63, 3.8) is 0 Å². The summed E-state index contributed by atoms with van der Waals surface area (Å²) in [5, 5.41) is 0. The van der Waals surface area contributed by atoms with Crippen molar-refractivity contribution in [1.29, 1.82) is 0 Å². The lowest BCUT2D eigenvalue weighted by molar-refractivity contribution is -0.134. The molecule has 0 aliphatic carbocycles. The van der Waals surface area contributed by atoms with Crippen LogP contribution in [0, 0.1) is 0 Å². The molecule has 0 saturated carbocycles. The standard InChI is InChI=1S/C26H26N2O4/c29-25(27-15-17-28(18-16-27)26(30)22-9-5-2-6-10-22)20-32-24-13-11-23(12-14-24)31-19-21-7-3-1-4-8-21/h1-14H,15-20H2. The summed E-state index contributed by atoms with van der Waals surface area (Å²) in [5.74, 6) is 1.28. The number of amides is 2.